The molecule has 146 valence electrons. The van der Waals surface area contributed by atoms with Crippen LogP contribution in [-0.4, -0.2) is 29.0 Å². The predicted molar refractivity (Wildman–Crippen MR) is 113 cm³/mol. The zero-order valence-electron chi connectivity index (χ0n) is 16.2. The highest BCUT2D eigenvalue weighted by atomic mass is 32.1. The van der Waals surface area contributed by atoms with Crippen molar-refractivity contribution in [2.24, 2.45) is 5.92 Å². The van der Waals surface area contributed by atoms with Crippen LogP contribution in [0.5, 0.6) is 5.75 Å². The number of pyridine rings is 1. The van der Waals surface area contributed by atoms with E-state index in [1.54, 1.807) is 35.9 Å². The second kappa shape index (κ2) is 9.99. The molecule has 6 heteroatoms. The van der Waals surface area contributed by atoms with Crippen molar-refractivity contribution >= 4 is 17.2 Å². The number of hydrogen-bond donors (Lipinski definition) is 1. The van der Waals surface area contributed by atoms with Gasteiger partial charge < -0.3 is 10.1 Å². The summed E-state index contributed by atoms with van der Waals surface area (Å²) in [6.45, 7) is 5.44. The Bertz CT molecular complexity index is 894. The van der Waals surface area contributed by atoms with Crippen molar-refractivity contribution in [3.63, 3.8) is 0 Å². The van der Waals surface area contributed by atoms with Gasteiger partial charge in [-0.1, -0.05) is 19.9 Å². The van der Waals surface area contributed by atoms with Crippen LogP contribution in [0.3, 0.4) is 0 Å². The maximum Gasteiger partial charge on any atom is 0.251 e. The van der Waals surface area contributed by atoms with Gasteiger partial charge in [0.25, 0.3) is 5.91 Å². The Balaban J connectivity index is 1.45. The molecular weight excluding hydrogens is 370 g/mol. The predicted octanol–water partition coefficient (Wildman–Crippen LogP) is 4.60. The van der Waals surface area contributed by atoms with Crippen molar-refractivity contribution in [3.8, 4) is 17.0 Å². The molecule has 0 saturated carbocycles. The van der Waals surface area contributed by atoms with Crippen molar-refractivity contribution in [1.82, 2.24) is 15.3 Å². The van der Waals surface area contributed by atoms with Gasteiger partial charge in [-0.3, -0.25) is 9.78 Å². The normalized spacial score (nSPS) is 10.8. The van der Waals surface area contributed by atoms with Crippen molar-refractivity contribution in [1.29, 1.82) is 0 Å². The van der Waals surface area contributed by atoms with E-state index in [9.17, 15) is 4.79 Å². The molecule has 28 heavy (non-hydrogen) atoms. The summed E-state index contributed by atoms with van der Waals surface area (Å²) in [6, 6.07) is 11.2. The molecule has 0 bridgehead atoms. The van der Waals surface area contributed by atoms with Crippen LogP contribution < -0.4 is 10.1 Å². The van der Waals surface area contributed by atoms with E-state index in [-0.39, 0.29) is 5.91 Å². The molecule has 0 saturated heterocycles. The van der Waals surface area contributed by atoms with Gasteiger partial charge in [0.15, 0.2) is 0 Å². The number of rotatable bonds is 9. The van der Waals surface area contributed by atoms with Crippen LogP contribution in [0.15, 0.2) is 54.2 Å². The molecule has 1 aromatic carbocycles. The zero-order valence-corrected chi connectivity index (χ0v) is 17.0. The highest BCUT2D eigenvalue weighted by Crippen LogP contribution is 2.21. The van der Waals surface area contributed by atoms with Crippen LogP contribution in [-0.2, 0) is 6.42 Å². The zero-order chi connectivity index (χ0) is 19.8. The number of aryl methyl sites for hydroxylation is 1. The fraction of sp³-hybridized carbons (Fsp3) is 0.318. The largest absolute Gasteiger partial charge is 0.493 e. The van der Waals surface area contributed by atoms with E-state index in [2.05, 4.69) is 34.5 Å². The molecule has 1 N–H and O–H groups in total. The summed E-state index contributed by atoms with van der Waals surface area (Å²) in [5.41, 5.74) is 2.67. The Hall–Kier alpha value is -2.73. The molecule has 1 amide bonds. The number of nitrogens with zero attached hydrogens (tertiary/aromatic N) is 2. The molecule has 2 aromatic heterocycles. The lowest BCUT2D eigenvalue weighted by Crippen LogP contribution is -2.24. The lowest BCUT2D eigenvalue weighted by molar-refractivity contribution is 0.0952. The molecule has 0 aliphatic carbocycles. The van der Waals surface area contributed by atoms with E-state index in [0.717, 1.165) is 34.9 Å². The number of hydrogen-bond acceptors (Lipinski definition) is 5. The quantitative estimate of drug-likeness (QED) is 0.538. The third kappa shape index (κ3) is 5.89. The number of amides is 1. The van der Waals surface area contributed by atoms with Gasteiger partial charge in [0.2, 0.25) is 0 Å². The number of benzene rings is 1. The molecule has 0 unspecified atom stereocenters. The fourth-order valence-corrected chi connectivity index (χ4v) is 3.46. The van der Waals surface area contributed by atoms with E-state index in [4.69, 9.17) is 4.74 Å². The highest BCUT2D eigenvalue weighted by Gasteiger charge is 2.08. The molecule has 0 aliphatic rings. The third-order valence-electron chi connectivity index (χ3n) is 4.06. The maximum atomic E-state index is 12.3. The summed E-state index contributed by atoms with van der Waals surface area (Å²) in [6.07, 6.45) is 5.23. The second-order valence-electron chi connectivity index (χ2n) is 6.95. The van der Waals surface area contributed by atoms with E-state index >= 15 is 0 Å². The monoisotopic (exact) mass is 395 g/mol. The van der Waals surface area contributed by atoms with Gasteiger partial charge in [-0.2, -0.15) is 0 Å². The van der Waals surface area contributed by atoms with Crippen LogP contribution in [0, 0.1) is 5.92 Å². The fourth-order valence-electron chi connectivity index (χ4n) is 2.61. The first-order chi connectivity index (χ1) is 13.6. The Morgan fingerprint density at radius 2 is 2.04 bits per heavy atom. The van der Waals surface area contributed by atoms with E-state index in [0.29, 0.717) is 24.6 Å². The Labute approximate surface area is 169 Å². The Kier molecular flexibility index (Phi) is 7.14. The van der Waals surface area contributed by atoms with Gasteiger partial charge in [0.1, 0.15) is 5.75 Å². The van der Waals surface area contributed by atoms with Gasteiger partial charge in [0.05, 0.1) is 17.3 Å². The topological polar surface area (TPSA) is 64.1 Å². The first kappa shape index (κ1) is 20.0. The third-order valence-corrected chi connectivity index (χ3v) is 4.97. The average molecular weight is 396 g/mol. The van der Waals surface area contributed by atoms with Crippen LogP contribution in [0.1, 0.15) is 35.6 Å². The number of nitrogens with one attached hydrogen (secondary N) is 1. The molecule has 0 aliphatic heterocycles. The van der Waals surface area contributed by atoms with Gasteiger partial charge in [-0.15, -0.1) is 11.3 Å². The molecule has 3 rings (SSSR count). The summed E-state index contributed by atoms with van der Waals surface area (Å²) in [7, 11) is 0. The summed E-state index contributed by atoms with van der Waals surface area (Å²) >= 11 is 1.65. The first-order valence-electron chi connectivity index (χ1n) is 9.47. The minimum atomic E-state index is -0.0772. The molecular formula is C22H25N3O2S. The van der Waals surface area contributed by atoms with Crippen LogP contribution >= 0.6 is 11.3 Å². The summed E-state index contributed by atoms with van der Waals surface area (Å²) in [5, 5.41) is 6.11. The van der Waals surface area contributed by atoms with Gasteiger partial charge >= 0.3 is 0 Å². The molecule has 3 aromatic rings. The van der Waals surface area contributed by atoms with Gasteiger partial charge in [-0.05, 0) is 42.7 Å². The number of carbonyl (C=O) groups is 1. The second-order valence-corrected chi connectivity index (χ2v) is 7.90. The van der Waals surface area contributed by atoms with E-state index in [1.165, 1.54) is 0 Å². The number of thiazole rings is 1. The van der Waals surface area contributed by atoms with Crippen LogP contribution in [0.2, 0.25) is 0 Å². The first-order valence-corrected chi connectivity index (χ1v) is 10.4. The van der Waals surface area contributed by atoms with Crippen molar-refractivity contribution in [2.45, 2.75) is 26.7 Å². The lowest BCUT2D eigenvalue weighted by atomic mass is 10.2. The maximum absolute atomic E-state index is 12.3. The minimum absolute atomic E-state index is 0.0772. The summed E-state index contributed by atoms with van der Waals surface area (Å²) in [4.78, 5) is 21.0. The Morgan fingerprint density at radius 3 is 2.82 bits per heavy atom. The van der Waals surface area contributed by atoms with Crippen molar-refractivity contribution < 1.29 is 9.53 Å². The van der Waals surface area contributed by atoms with Crippen molar-refractivity contribution in [2.75, 3.05) is 13.2 Å². The van der Waals surface area contributed by atoms with Crippen molar-refractivity contribution in [3.05, 3.63) is 64.7 Å². The average Bonchev–Trinajstić information content (AvgIpc) is 3.19. The van der Waals surface area contributed by atoms with E-state index in [1.807, 2.05) is 24.3 Å². The highest BCUT2D eigenvalue weighted by molar-refractivity contribution is 7.09. The van der Waals surface area contributed by atoms with Gasteiger partial charge in [-0.25, -0.2) is 4.98 Å². The standard InChI is InChI=1S/C22H25N3O2S/c1-16(2)14-27-19-6-3-5-18(13-19)22(26)24-10-4-7-21-25-20(15-28-21)17-8-11-23-12-9-17/h3,5-6,8-9,11-13,15-16H,4,7,10,14H2,1-2H3,(H,24,26). The number of ether oxygens (including phenoxy) is 1. The van der Waals surface area contributed by atoms with E-state index < -0.39 is 0 Å². The SMILES string of the molecule is CC(C)COc1cccc(C(=O)NCCCc2nc(-c3ccncc3)cs2)c1. The van der Waals surface area contributed by atoms with Crippen LogP contribution in [0.4, 0.5) is 0 Å². The molecule has 0 spiro atoms. The molecule has 0 atom stereocenters. The lowest BCUT2D eigenvalue weighted by Gasteiger charge is -2.10. The van der Waals surface area contributed by atoms with Crippen LogP contribution in [0.25, 0.3) is 11.3 Å². The number of carbonyl (C=O) groups excluding carboxylic acids is 1. The molecule has 5 nitrogen and oxygen atoms in total. The molecule has 2 heterocycles. The number of aromatic nitrogens is 2. The minimum Gasteiger partial charge on any atom is -0.493 e. The summed E-state index contributed by atoms with van der Waals surface area (Å²) in [5.74, 6) is 1.10. The Morgan fingerprint density at radius 1 is 1.21 bits per heavy atom. The van der Waals surface area contributed by atoms with Gasteiger partial charge in [0, 0.05) is 41.9 Å². The molecule has 0 fully saturated rings. The smallest absolute Gasteiger partial charge is 0.251 e. The molecule has 0 radical (unpaired) electrons. The summed E-state index contributed by atoms with van der Waals surface area (Å²) < 4.78 is 5.69.